The highest BCUT2D eigenvalue weighted by Gasteiger charge is 2.30. The van der Waals surface area contributed by atoms with Crippen LogP contribution in [0.15, 0.2) is 158 Å². The molecule has 0 N–H and O–H groups in total. The molecular weight excluding hydrogens is 721 g/mol. The van der Waals surface area contributed by atoms with Crippen molar-refractivity contribution in [1.82, 2.24) is 0 Å². The maximum atomic E-state index is 2.58. The van der Waals surface area contributed by atoms with Crippen LogP contribution in [0.3, 0.4) is 0 Å². The first-order valence-electron chi connectivity index (χ1n) is 21.6. The van der Waals surface area contributed by atoms with E-state index >= 15 is 0 Å². The Morgan fingerprint density at radius 2 is 0.700 bits per heavy atom. The fourth-order valence-corrected chi connectivity index (χ4v) is 11.2. The molecule has 0 amide bonds. The van der Waals surface area contributed by atoms with E-state index < -0.39 is 0 Å². The predicted octanol–water partition coefficient (Wildman–Crippen LogP) is 17.4. The van der Waals surface area contributed by atoms with E-state index in [1.807, 2.05) is 0 Å². The Labute approximate surface area is 350 Å². The summed E-state index contributed by atoms with van der Waals surface area (Å²) in [4.78, 5) is 0. The molecule has 0 nitrogen and oxygen atoms in total. The van der Waals surface area contributed by atoms with Crippen LogP contribution >= 0.6 is 0 Å². The van der Waals surface area contributed by atoms with Gasteiger partial charge >= 0.3 is 0 Å². The summed E-state index contributed by atoms with van der Waals surface area (Å²) in [7, 11) is 0. The van der Waals surface area contributed by atoms with Gasteiger partial charge in [-0.3, -0.25) is 0 Å². The molecule has 0 aromatic heterocycles. The minimum Gasteiger partial charge on any atom is -0.0622 e. The van der Waals surface area contributed by atoms with E-state index in [0.29, 0.717) is 0 Å². The second-order valence-corrected chi connectivity index (χ2v) is 19.6. The summed E-state index contributed by atoms with van der Waals surface area (Å²) < 4.78 is 0. The molecule has 0 heteroatoms. The third-order valence-electron chi connectivity index (χ3n) is 14.1. The van der Waals surface area contributed by atoms with Crippen LogP contribution in [0, 0.1) is 0 Å². The van der Waals surface area contributed by atoms with Crippen molar-refractivity contribution in [2.75, 3.05) is 0 Å². The summed E-state index contributed by atoms with van der Waals surface area (Å²) in [5, 5.41) is 21.5. The third-order valence-corrected chi connectivity index (χ3v) is 14.1. The maximum absolute atomic E-state index is 2.58. The minimum absolute atomic E-state index is 0.0109. The minimum atomic E-state index is 0.0109. The van der Waals surface area contributed by atoms with Gasteiger partial charge in [-0.05, 0) is 189 Å². The van der Waals surface area contributed by atoms with E-state index in [1.165, 1.54) is 142 Å². The fraction of sp³-hybridized carbons (Fsp3) is 0.133. The topological polar surface area (TPSA) is 0 Å². The van der Waals surface area contributed by atoms with Crippen molar-refractivity contribution in [3.8, 4) is 44.5 Å². The van der Waals surface area contributed by atoms with Gasteiger partial charge in [0.2, 0.25) is 0 Å². The second-order valence-electron chi connectivity index (χ2n) is 19.6. The Hall–Kier alpha value is -6.76. The lowest BCUT2D eigenvalue weighted by molar-refractivity contribution is 0.590. The molecule has 0 radical (unpaired) electrons. The molecule has 0 saturated carbocycles. The Bertz CT molecular complexity index is 3550. The van der Waals surface area contributed by atoms with E-state index in [-0.39, 0.29) is 10.8 Å². The summed E-state index contributed by atoms with van der Waals surface area (Å²) in [5.74, 6) is 0. The van der Waals surface area contributed by atoms with Gasteiger partial charge in [0.25, 0.3) is 0 Å². The van der Waals surface area contributed by atoms with E-state index in [0.717, 1.165) is 0 Å². The summed E-state index contributed by atoms with van der Waals surface area (Å²) in [6.07, 6.45) is 0. The standard InChI is InChI=1S/C60H44/c1-59(2,3)38-25-37-26-39(60(4,5)6)30-49-47-32-51-50(31-46(47)48(29-38)52(37)49)53(33-15-9-7-10-16-33)57-42-23-21-40-44-27-35-19-13-14-20-36(35)28-45(44)41-22-24-43(56(42)55(40)41)58(57)54(51)34-17-11-8-12-18-34/h7-32H,1-6H3. The molecule has 0 fully saturated rings. The molecule has 1 aliphatic carbocycles. The lowest BCUT2D eigenvalue weighted by Crippen LogP contribution is -2.12. The molecule has 0 spiro atoms. The Morgan fingerprint density at radius 3 is 1.13 bits per heavy atom. The van der Waals surface area contributed by atoms with Gasteiger partial charge in [-0.25, -0.2) is 0 Å². The summed E-state index contributed by atoms with van der Waals surface area (Å²) in [5.41, 5.74) is 13.3. The molecule has 0 atom stereocenters. The van der Waals surface area contributed by atoms with Crippen LogP contribution in [0.25, 0.3) is 131 Å². The van der Waals surface area contributed by atoms with Crippen molar-refractivity contribution in [2.24, 2.45) is 0 Å². The zero-order chi connectivity index (χ0) is 40.4. The number of fused-ring (bicyclic) bond motifs is 11. The van der Waals surface area contributed by atoms with Gasteiger partial charge in [0, 0.05) is 0 Å². The van der Waals surface area contributed by atoms with Gasteiger partial charge < -0.3 is 0 Å². The molecule has 0 heterocycles. The van der Waals surface area contributed by atoms with Gasteiger partial charge in [0.1, 0.15) is 0 Å². The van der Waals surface area contributed by atoms with Crippen LogP contribution in [0.2, 0.25) is 0 Å². The number of benzene rings is 10. The number of rotatable bonds is 2. The smallest absolute Gasteiger partial charge is 0.000740 e. The zero-order valence-electron chi connectivity index (χ0n) is 35.0. The zero-order valence-corrected chi connectivity index (χ0v) is 35.0. The largest absolute Gasteiger partial charge is 0.0622 e. The normalized spacial score (nSPS) is 13.2. The quantitative estimate of drug-likeness (QED) is 0.164. The van der Waals surface area contributed by atoms with Crippen molar-refractivity contribution in [1.29, 1.82) is 0 Å². The van der Waals surface area contributed by atoms with E-state index in [4.69, 9.17) is 0 Å². The molecule has 13 rings (SSSR count). The van der Waals surface area contributed by atoms with Gasteiger partial charge in [-0.2, -0.15) is 0 Å². The predicted molar refractivity (Wildman–Crippen MR) is 262 cm³/mol. The molecule has 0 bridgehead atoms. The molecule has 284 valence electrons. The lowest BCUT2D eigenvalue weighted by Gasteiger charge is -2.22. The van der Waals surface area contributed by atoms with Crippen LogP contribution in [-0.4, -0.2) is 0 Å². The molecule has 12 aromatic carbocycles. The second kappa shape index (κ2) is 11.5. The Morgan fingerprint density at radius 1 is 0.267 bits per heavy atom. The average Bonchev–Trinajstić information content (AvgIpc) is 3.86. The number of hydrogen-bond donors (Lipinski definition) is 0. The third kappa shape index (κ3) is 4.46. The highest BCUT2D eigenvalue weighted by molar-refractivity contribution is 6.44. The van der Waals surface area contributed by atoms with Gasteiger partial charge in [0.05, 0.1) is 0 Å². The van der Waals surface area contributed by atoms with E-state index in [2.05, 4.69) is 199 Å². The number of hydrogen-bond acceptors (Lipinski definition) is 0. The molecule has 0 saturated heterocycles. The van der Waals surface area contributed by atoms with Crippen LogP contribution in [0.4, 0.5) is 0 Å². The monoisotopic (exact) mass is 764 g/mol. The fourth-order valence-electron chi connectivity index (χ4n) is 11.2. The summed E-state index contributed by atoms with van der Waals surface area (Å²) in [6.45, 7) is 14.1. The van der Waals surface area contributed by atoms with Crippen molar-refractivity contribution >= 4 is 86.2 Å². The highest BCUT2D eigenvalue weighted by Crippen LogP contribution is 2.58. The maximum Gasteiger partial charge on any atom is -0.000740 e. The van der Waals surface area contributed by atoms with Gasteiger partial charge in [-0.1, -0.05) is 163 Å². The molecular formula is C60H44. The molecule has 0 aliphatic heterocycles. The van der Waals surface area contributed by atoms with Crippen molar-refractivity contribution < 1.29 is 0 Å². The SMILES string of the molecule is CC(C)(C)c1cc2cc(C(C)(C)C)cc3c4cc5c(-c6ccccc6)c6c7ccc8c9c(ccc(c6c(-c6ccccc6)c5cc4c(c1)c23)c97)-c1cc2ccccc2cc1-8. The average molecular weight is 765 g/mol. The Kier molecular flexibility index (Phi) is 6.54. The highest BCUT2D eigenvalue weighted by atomic mass is 14.3. The van der Waals surface area contributed by atoms with Crippen molar-refractivity contribution in [2.45, 2.75) is 52.4 Å². The van der Waals surface area contributed by atoms with Crippen LogP contribution < -0.4 is 0 Å². The lowest BCUT2D eigenvalue weighted by atomic mass is 9.82. The first-order chi connectivity index (χ1) is 29.0. The first-order valence-corrected chi connectivity index (χ1v) is 21.6. The molecule has 0 unspecified atom stereocenters. The van der Waals surface area contributed by atoms with Crippen molar-refractivity contribution in [3.63, 3.8) is 0 Å². The summed E-state index contributed by atoms with van der Waals surface area (Å²) in [6, 6.07) is 60.9. The van der Waals surface area contributed by atoms with Gasteiger partial charge in [-0.15, -0.1) is 0 Å². The summed E-state index contributed by atoms with van der Waals surface area (Å²) >= 11 is 0. The van der Waals surface area contributed by atoms with Crippen LogP contribution in [0.1, 0.15) is 52.7 Å². The molecule has 60 heavy (non-hydrogen) atoms. The van der Waals surface area contributed by atoms with Crippen LogP contribution in [0.5, 0.6) is 0 Å². The van der Waals surface area contributed by atoms with Crippen LogP contribution in [-0.2, 0) is 10.8 Å². The van der Waals surface area contributed by atoms with Gasteiger partial charge in [0.15, 0.2) is 0 Å². The molecule has 12 aromatic rings. The van der Waals surface area contributed by atoms with E-state index in [1.54, 1.807) is 0 Å². The van der Waals surface area contributed by atoms with E-state index in [9.17, 15) is 0 Å². The molecule has 1 aliphatic rings. The Balaban J connectivity index is 1.27. The first kappa shape index (κ1) is 34.1. The van der Waals surface area contributed by atoms with Crippen molar-refractivity contribution in [3.05, 3.63) is 169 Å².